The first kappa shape index (κ1) is 23.1. The molecule has 9 heteroatoms. The Kier molecular flexibility index (Phi) is 7.24. The van der Waals surface area contributed by atoms with Gasteiger partial charge in [-0.25, -0.2) is 4.68 Å². The van der Waals surface area contributed by atoms with Gasteiger partial charge in [-0.15, -0.1) is 5.10 Å². The van der Waals surface area contributed by atoms with Crippen LogP contribution in [0.4, 0.5) is 5.69 Å². The molecular formula is C25H19BrN4O4. The molecule has 0 fully saturated rings. The zero-order valence-corrected chi connectivity index (χ0v) is 19.5. The summed E-state index contributed by atoms with van der Waals surface area (Å²) in [5, 5.41) is 19.0. The van der Waals surface area contributed by atoms with E-state index in [1.165, 1.54) is 30.3 Å². The summed E-state index contributed by atoms with van der Waals surface area (Å²) in [5.74, 6) is 0.432. The minimum Gasteiger partial charge on any atom is -0.487 e. The number of hydrogen-bond acceptors (Lipinski definition) is 6. The Morgan fingerprint density at radius 1 is 1.09 bits per heavy atom. The van der Waals surface area contributed by atoms with Gasteiger partial charge < -0.3 is 4.74 Å². The summed E-state index contributed by atoms with van der Waals surface area (Å²) in [4.78, 5) is 22.5. The lowest BCUT2D eigenvalue weighted by Gasteiger charge is -2.04. The van der Waals surface area contributed by atoms with Crippen molar-refractivity contribution in [2.45, 2.75) is 13.2 Å². The van der Waals surface area contributed by atoms with Crippen LogP contribution in [0.3, 0.4) is 0 Å². The average molecular weight is 519 g/mol. The second-order valence-corrected chi connectivity index (χ2v) is 8.31. The highest BCUT2D eigenvalue weighted by Gasteiger charge is 2.07. The minimum atomic E-state index is -0.500. The third kappa shape index (κ3) is 6.23. The van der Waals surface area contributed by atoms with Gasteiger partial charge in [0.05, 0.1) is 17.7 Å². The number of carbonyl (C=O) groups is 1. The van der Waals surface area contributed by atoms with Crippen molar-refractivity contribution in [1.82, 2.24) is 15.0 Å². The van der Waals surface area contributed by atoms with Crippen LogP contribution in [-0.4, -0.2) is 25.7 Å². The van der Waals surface area contributed by atoms with Crippen LogP contribution in [0.15, 0.2) is 89.5 Å². The standard InChI is InChI=1S/C25H19BrN4O4/c26-21-3-1-2-19(14-21)15-29-16-22(27-28-29)17-34-24-11-4-18(5-12-24)6-13-25(31)20-7-9-23(10-8-20)30(32)33/h1-14,16H,15,17H2/b13-6+. The summed E-state index contributed by atoms with van der Waals surface area (Å²) in [5.41, 5.74) is 2.98. The van der Waals surface area contributed by atoms with E-state index in [4.69, 9.17) is 4.74 Å². The van der Waals surface area contributed by atoms with Gasteiger partial charge in [0.1, 0.15) is 18.1 Å². The van der Waals surface area contributed by atoms with Crippen molar-refractivity contribution in [2.24, 2.45) is 0 Å². The van der Waals surface area contributed by atoms with Gasteiger partial charge in [-0.1, -0.05) is 51.5 Å². The van der Waals surface area contributed by atoms with E-state index in [-0.39, 0.29) is 18.1 Å². The van der Waals surface area contributed by atoms with Crippen LogP contribution in [0.1, 0.15) is 27.2 Å². The molecule has 0 N–H and O–H groups in total. The number of ether oxygens (including phenoxy) is 1. The van der Waals surface area contributed by atoms with Gasteiger partial charge in [0.15, 0.2) is 5.78 Å². The van der Waals surface area contributed by atoms with E-state index in [1.54, 1.807) is 10.8 Å². The maximum Gasteiger partial charge on any atom is 0.269 e. The van der Waals surface area contributed by atoms with Gasteiger partial charge in [0.2, 0.25) is 0 Å². The molecule has 0 atom stereocenters. The number of hydrogen-bond donors (Lipinski definition) is 0. The van der Waals surface area contributed by atoms with Gasteiger partial charge in [0, 0.05) is 22.2 Å². The van der Waals surface area contributed by atoms with E-state index < -0.39 is 4.92 Å². The van der Waals surface area contributed by atoms with Crippen molar-refractivity contribution in [1.29, 1.82) is 0 Å². The Morgan fingerprint density at radius 2 is 1.85 bits per heavy atom. The molecule has 0 aliphatic heterocycles. The van der Waals surface area contributed by atoms with Gasteiger partial charge in [0.25, 0.3) is 5.69 Å². The van der Waals surface area contributed by atoms with Crippen molar-refractivity contribution in [3.8, 4) is 5.75 Å². The van der Waals surface area contributed by atoms with E-state index >= 15 is 0 Å². The summed E-state index contributed by atoms with van der Waals surface area (Å²) in [6.45, 7) is 0.901. The smallest absolute Gasteiger partial charge is 0.269 e. The number of nitrogens with zero attached hydrogens (tertiary/aromatic N) is 4. The van der Waals surface area contributed by atoms with Crippen molar-refractivity contribution < 1.29 is 14.5 Å². The first-order valence-corrected chi connectivity index (χ1v) is 11.1. The van der Waals surface area contributed by atoms with Gasteiger partial charge >= 0.3 is 0 Å². The van der Waals surface area contributed by atoms with Crippen LogP contribution in [0.25, 0.3) is 6.08 Å². The van der Waals surface area contributed by atoms with Crippen molar-refractivity contribution in [3.05, 3.63) is 122 Å². The molecule has 0 aliphatic rings. The molecule has 3 aromatic carbocycles. The molecule has 0 unspecified atom stereocenters. The highest BCUT2D eigenvalue weighted by molar-refractivity contribution is 9.10. The number of allylic oxidation sites excluding steroid dienone is 1. The summed E-state index contributed by atoms with van der Waals surface area (Å²) < 4.78 is 8.56. The van der Waals surface area contributed by atoms with Crippen LogP contribution in [0.2, 0.25) is 0 Å². The molecule has 0 saturated heterocycles. The number of non-ortho nitro benzene ring substituents is 1. The number of nitro benzene ring substituents is 1. The fourth-order valence-electron chi connectivity index (χ4n) is 3.15. The molecule has 0 bridgehead atoms. The van der Waals surface area contributed by atoms with E-state index in [0.717, 1.165) is 15.6 Å². The maximum absolute atomic E-state index is 12.3. The fourth-order valence-corrected chi connectivity index (χ4v) is 3.60. The van der Waals surface area contributed by atoms with Crippen LogP contribution >= 0.6 is 15.9 Å². The van der Waals surface area contributed by atoms with Gasteiger partial charge in [-0.3, -0.25) is 14.9 Å². The Hall–Kier alpha value is -4.11. The van der Waals surface area contributed by atoms with Gasteiger partial charge in [-0.2, -0.15) is 0 Å². The Balaban J connectivity index is 1.29. The molecule has 4 rings (SSSR count). The van der Waals surface area contributed by atoms with Gasteiger partial charge in [-0.05, 0) is 53.6 Å². The van der Waals surface area contributed by atoms with Crippen LogP contribution < -0.4 is 4.74 Å². The molecule has 0 saturated carbocycles. The normalized spacial score (nSPS) is 11.0. The molecule has 8 nitrogen and oxygen atoms in total. The van der Waals surface area contributed by atoms with Crippen LogP contribution in [0.5, 0.6) is 5.75 Å². The molecular weight excluding hydrogens is 500 g/mol. The fraction of sp³-hybridized carbons (Fsp3) is 0.0800. The lowest BCUT2D eigenvalue weighted by Crippen LogP contribution is -2.00. The number of halogens is 1. The quantitative estimate of drug-likeness (QED) is 0.126. The monoisotopic (exact) mass is 518 g/mol. The largest absolute Gasteiger partial charge is 0.487 e. The molecule has 0 aliphatic carbocycles. The Bertz CT molecular complexity index is 1330. The second kappa shape index (κ2) is 10.7. The molecule has 4 aromatic rings. The third-order valence-electron chi connectivity index (χ3n) is 4.88. The Morgan fingerprint density at radius 3 is 2.56 bits per heavy atom. The first-order chi connectivity index (χ1) is 16.5. The van der Waals surface area contributed by atoms with E-state index in [1.807, 2.05) is 54.7 Å². The maximum atomic E-state index is 12.3. The van der Waals surface area contributed by atoms with E-state index in [2.05, 4.69) is 26.2 Å². The number of carbonyl (C=O) groups excluding carboxylic acids is 1. The summed E-state index contributed by atoms with van der Waals surface area (Å²) in [6.07, 6.45) is 4.96. The molecule has 34 heavy (non-hydrogen) atoms. The number of rotatable bonds is 9. The zero-order chi connectivity index (χ0) is 23.9. The molecule has 0 spiro atoms. The van der Waals surface area contributed by atoms with Crippen molar-refractivity contribution >= 4 is 33.5 Å². The highest BCUT2D eigenvalue weighted by atomic mass is 79.9. The van der Waals surface area contributed by atoms with Crippen molar-refractivity contribution in [3.63, 3.8) is 0 Å². The lowest BCUT2D eigenvalue weighted by atomic mass is 10.1. The molecule has 0 amide bonds. The summed E-state index contributed by atoms with van der Waals surface area (Å²) in [7, 11) is 0. The van der Waals surface area contributed by atoms with E-state index in [9.17, 15) is 14.9 Å². The number of benzene rings is 3. The Labute approximate surface area is 203 Å². The lowest BCUT2D eigenvalue weighted by molar-refractivity contribution is -0.384. The van der Waals surface area contributed by atoms with E-state index in [0.29, 0.717) is 23.6 Å². The minimum absolute atomic E-state index is 0.0527. The predicted octanol–water partition coefficient (Wildman–Crippen LogP) is 5.47. The van der Waals surface area contributed by atoms with Crippen LogP contribution in [-0.2, 0) is 13.2 Å². The summed E-state index contributed by atoms with van der Waals surface area (Å²) >= 11 is 3.46. The summed E-state index contributed by atoms with van der Waals surface area (Å²) in [6, 6.07) is 20.8. The predicted molar refractivity (Wildman–Crippen MR) is 131 cm³/mol. The average Bonchev–Trinajstić information content (AvgIpc) is 3.29. The first-order valence-electron chi connectivity index (χ1n) is 10.3. The molecule has 170 valence electrons. The number of aromatic nitrogens is 3. The van der Waals surface area contributed by atoms with Crippen molar-refractivity contribution in [2.75, 3.05) is 0 Å². The topological polar surface area (TPSA) is 100 Å². The number of ketones is 1. The zero-order valence-electron chi connectivity index (χ0n) is 17.9. The molecule has 1 heterocycles. The highest BCUT2D eigenvalue weighted by Crippen LogP contribution is 2.17. The van der Waals surface area contributed by atoms with Crippen LogP contribution in [0, 0.1) is 10.1 Å². The molecule has 0 radical (unpaired) electrons. The number of nitro groups is 1. The third-order valence-corrected chi connectivity index (χ3v) is 5.37. The second-order valence-electron chi connectivity index (χ2n) is 7.40. The SMILES string of the molecule is O=C(/C=C/c1ccc(OCc2cn(Cc3cccc(Br)c3)nn2)cc1)c1ccc([N+](=O)[O-])cc1. The molecule has 1 aromatic heterocycles.